The van der Waals surface area contributed by atoms with Crippen LogP contribution in [0.25, 0.3) is 0 Å². The fourth-order valence-electron chi connectivity index (χ4n) is 4.00. The number of esters is 1. The second-order valence-electron chi connectivity index (χ2n) is 9.52. The van der Waals surface area contributed by atoms with Crippen LogP contribution in [0.15, 0.2) is 47.5 Å². The van der Waals surface area contributed by atoms with Crippen molar-refractivity contribution in [2.45, 2.75) is 96.5 Å². The van der Waals surface area contributed by atoms with Gasteiger partial charge in [0.05, 0.1) is 6.61 Å². The summed E-state index contributed by atoms with van der Waals surface area (Å²) < 4.78 is 34.3. The van der Waals surface area contributed by atoms with Gasteiger partial charge in [-0.3, -0.25) is 14.9 Å². The predicted molar refractivity (Wildman–Crippen MR) is 150 cm³/mol. The van der Waals surface area contributed by atoms with Crippen LogP contribution >= 0.6 is 0 Å². The van der Waals surface area contributed by atoms with Gasteiger partial charge in [-0.2, -0.15) is 0 Å². The van der Waals surface area contributed by atoms with E-state index in [2.05, 4.69) is 22.5 Å². The summed E-state index contributed by atoms with van der Waals surface area (Å²) in [6.07, 6.45) is 16.4. The van der Waals surface area contributed by atoms with Crippen LogP contribution in [0.3, 0.4) is 0 Å². The van der Waals surface area contributed by atoms with Crippen LogP contribution in [0.4, 0.5) is 4.79 Å². The standard InChI is InChI=1S/C30H45N3O5/c1-33-24-28(35)37-23-19-14-12-10-8-6-4-2-3-5-7-9-11-13-18-22-27(34)31-29(33)32-30(36)38-25-26-20-16-15-17-21-26/h2-3,15-17,20-21H,4-14,18-19,22-25H2,1H3,(H,31,32,34,36)/b3-2+/i1D3. The molecule has 0 radical (unpaired) electrons. The van der Waals surface area contributed by atoms with Gasteiger partial charge in [-0.05, 0) is 44.1 Å². The summed E-state index contributed by atoms with van der Waals surface area (Å²) in [4.78, 5) is 42.2. The number of allylic oxidation sites excluding steroid dienone is 2. The molecule has 1 aliphatic heterocycles. The molecule has 0 saturated heterocycles. The highest BCUT2D eigenvalue weighted by molar-refractivity contribution is 6.01. The Balaban J connectivity index is 2.11. The molecule has 1 aromatic rings. The van der Waals surface area contributed by atoms with E-state index in [0.717, 1.165) is 57.8 Å². The second-order valence-corrected chi connectivity index (χ2v) is 9.52. The number of benzene rings is 1. The molecule has 0 fully saturated rings. The molecule has 0 spiro atoms. The number of hydrogen-bond acceptors (Lipinski definition) is 5. The number of ether oxygens (including phenoxy) is 2. The van der Waals surface area contributed by atoms with Crippen molar-refractivity contribution in [3.63, 3.8) is 0 Å². The third-order valence-corrected chi connectivity index (χ3v) is 6.17. The lowest BCUT2D eigenvalue weighted by atomic mass is 10.1. The average molecular weight is 531 g/mol. The molecule has 1 aliphatic rings. The van der Waals surface area contributed by atoms with Crippen molar-refractivity contribution >= 4 is 23.9 Å². The van der Waals surface area contributed by atoms with E-state index in [1.807, 2.05) is 6.07 Å². The molecule has 38 heavy (non-hydrogen) atoms. The van der Waals surface area contributed by atoms with Gasteiger partial charge in [-0.15, -0.1) is 4.99 Å². The molecule has 0 aromatic heterocycles. The van der Waals surface area contributed by atoms with Crippen LogP contribution in [0.5, 0.6) is 0 Å². The van der Waals surface area contributed by atoms with E-state index in [0.29, 0.717) is 23.3 Å². The van der Waals surface area contributed by atoms with Gasteiger partial charge in [0, 0.05) is 17.5 Å². The molecule has 1 aromatic carbocycles. The normalized spacial score (nSPS) is 22.1. The highest BCUT2D eigenvalue weighted by Crippen LogP contribution is 2.11. The number of hydrogen-bond donors (Lipinski definition) is 1. The molecule has 1 heterocycles. The Bertz CT molecular complexity index is 983. The first kappa shape index (κ1) is 26.4. The maximum atomic E-state index is 12.7. The molecule has 1 N–H and O–H groups in total. The van der Waals surface area contributed by atoms with Crippen molar-refractivity contribution in [1.82, 2.24) is 10.2 Å². The van der Waals surface area contributed by atoms with E-state index in [1.54, 1.807) is 24.3 Å². The van der Waals surface area contributed by atoms with E-state index in [-0.39, 0.29) is 19.6 Å². The van der Waals surface area contributed by atoms with Crippen molar-refractivity contribution in [1.29, 1.82) is 0 Å². The zero-order chi connectivity index (χ0) is 29.8. The molecular formula is C30H45N3O5. The molecular weight excluding hydrogens is 482 g/mol. The van der Waals surface area contributed by atoms with Crippen molar-refractivity contribution in [2.24, 2.45) is 4.99 Å². The highest BCUT2D eigenvalue weighted by Gasteiger charge is 2.17. The molecule has 0 unspecified atom stereocenters. The fourth-order valence-corrected chi connectivity index (χ4v) is 4.00. The first-order chi connectivity index (χ1) is 19.8. The van der Waals surface area contributed by atoms with Gasteiger partial charge in [0.2, 0.25) is 11.9 Å². The number of carbonyl (C=O) groups excluding carboxylic acids is 3. The van der Waals surface area contributed by atoms with Crippen molar-refractivity contribution in [2.75, 3.05) is 20.1 Å². The zero-order valence-electron chi connectivity index (χ0n) is 25.5. The monoisotopic (exact) mass is 530 g/mol. The van der Waals surface area contributed by atoms with Crippen LogP contribution in [0.2, 0.25) is 0 Å². The van der Waals surface area contributed by atoms with Crippen molar-refractivity contribution in [3.05, 3.63) is 48.0 Å². The zero-order valence-corrected chi connectivity index (χ0v) is 22.5. The van der Waals surface area contributed by atoms with E-state index < -0.39 is 37.4 Å². The maximum absolute atomic E-state index is 12.7. The lowest BCUT2D eigenvalue weighted by Crippen LogP contribution is -2.45. The molecule has 210 valence electrons. The van der Waals surface area contributed by atoms with Gasteiger partial charge < -0.3 is 14.4 Å². The third-order valence-electron chi connectivity index (χ3n) is 6.17. The second kappa shape index (κ2) is 19.9. The van der Waals surface area contributed by atoms with Crippen LogP contribution in [0.1, 0.15) is 99.6 Å². The SMILES string of the molecule is [2H]C([2H])([2H])N1CC(=O)OCCCCCCCC/C=C/CCCCCCCC(=O)NC1=NC(=O)OCc1ccccc1. The van der Waals surface area contributed by atoms with Gasteiger partial charge in [0.25, 0.3) is 0 Å². The summed E-state index contributed by atoms with van der Waals surface area (Å²) in [7, 11) is 0. The van der Waals surface area contributed by atoms with E-state index in [4.69, 9.17) is 13.6 Å². The van der Waals surface area contributed by atoms with Gasteiger partial charge in [0.1, 0.15) is 13.2 Å². The number of likely N-dealkylation sites (N-methyl/N-ethyl adjacent to an activating group) is 1. The van der Waals surface area contributed by atoms with Gasteiger partial charge >= 0.3 is 12.1 Å². The summed E-state index contributed by atoms with van der Waals surface area (Å²) in [5, 5.41) is 2.43. The first-order valence-electron chi connectivity index (χ1n) is 15.4. The molecule has 0 atom stereocenters. The van der Waals surface area contributed by atoms with Crippen LogP contribution < -0.4 is 5.32 Å². The Labute approximate surface area is 232 Å². The van der Waals surface area contributed by atoms with Crippen molar-refractivity contribution in [3.8, 4) is 0 Å². The summed E-state index contributed by atoms with van der Waals surface area (Å²) >= 11 is 0. The van der Waals surface area contributed by atoms with Crippen LogP contribution in [0, 0.1) is 0 Å². The minimum atomic E-state index is -2.88. The minimum absolute atomic E-state index is 0.0873. The fraction of sp³-hybridized carbons (Fsp3) is 0.600. The summed E-state index contributed by atoms with van der Waals surface area (Å²) in [6.45, 7) is -3.52. The number of cyclic esters (lactones) is 1. The molecule has 8 nitrogen and oxygen atoms in total. The number of rotatable bonds is 2. The summed E-state index contributed by atoms with van der Waals surface area (Å²) in [6, 6.07) is 8.91. The number of amides is 2. The van der Waals surface area contributed by atoms with E-state index in [9.17, 15) is 14.4 Å². The Morgan fingerprint density at radius 3 is 2.26 bits per heavy atom. The van der Waals surface area contributed by atoms with Gasteiger partial charge in [-0.1, -0.05) is 87.4 Å². The molecule has 2 amide bonds. The van der Waals surface area contributed by atoms with Crippen LogP contribution in [-0.2, 0) is 25.7 Å². The third kappa shape index (κ3) is 15.2. The van der Waals surface area contributed by atoms with Gasteiger partial charge in [0.15, 0.2) is 0 Å². The lowest BCUT2D eigenvalue weighted by Gasteiger charge is -2.20. The molecule has 0 aliphatic carbocycles. The number of carbonyl (C=O) groups is 3. The summed E-state index contributed by atoms with van der Waals surface area (Å²) in [5.41, 5.74) is 0.714. The lowest BCUT2D eigenvalue weighted by molar-refractivity contribution is -0.144. The first-order valence-corrected chi connectivity index (χ1v) is 13.9. The molecule has 0 bridgehead atoms. The number of aliphatic imine (C=N–C) groups is 1. The van der Waals surface area contributed by atoms with E-state index in [1.165, 1.54) is 12.8 Å². The molecule has 0 saturated carbocycles. The van der Waals surface area contributed by atoms with Gasteiger partial charge in [-0.25, -0.2) is 4.79 Å². The Morgan fingerprint density at radius 2 is 1.58 bits per heavy atom. The maximum Gasteiger partial charge on any atom is 0.437 e. The molecule has 2 rings (SSSR count). The topological polar surface area (TPSA) is 97.3 Å². The Morgan fingerprint density at radius 1 is 0.947 bits per heavy atom. The quantitative estimate of drug-likeness (QED) is 0.356. The highest BCUT2D eigenvalue weighted by atomic mass is 16.5. The van der Waals surface area contributed by atoms with Crippen LogP contribution in [-0.4, -0.2) is 49.0 Å². The van der Waals surface area contributed by atoms with Crippen molar-refractivity contribution < 1.29 is 28.0 Å². The largest absolute Gasteiger partial charge is 0.464 e. The molecule has 8 heteroatoms. The average Bonchev–Trinajstić information content (AvgIpc) is 2.93. The number of nitrogens with one attached hydrogen (secondary N) is 1. The number of nitrogens with zero attached hydrogens (tertiary/aromatic N) is 2. The minimum Gasteiger partial charge on any atom is -0.464 e. The Kier molecular flexibility index (Phi) is 13.8. The number of guanidine groups is 1. The predicted octanol–water partition coefficient (Wildman–Crippen LogP) is 6.30. The van der Waals surface area contributed by atoms with E-state index >= 15 is 0 Å². The Hall–Kier alpha value is -3.16. The summed E-state index contributed by atoms with van der Waals surface area (Å²) in [5.74, 6) is -1.85. The smallest absolute Gasteiger partial charge is 0.437 e.